The normalized spacial score (nSPS) is 17.5. The molecule has 0 aliphatic carbocycles. The van der Waals surface area contributed by atoms with Crippen molar-refractivity contribution in [3.8, 4) is 22.5 Å². The molecule has 2 saturated heterocycles. The highest BCUT2D eigenvalue weighted by Gasteiger charge is 2.51. The van der Waals surface area contributed by atoms with Crippen molar-refractivity contribution in [1.29, 1.82) is 0 Å². The summed E-state index contributed by atoms with van der Waals surface area (Å²) in [6.07, 6.45) is 2.11. The zero-order chi connectivity index (χ0) is 25.7. The Balaban J connectivity index is 1.15. The molecule has 6 rings (SSSR count). The van der Waals surface area contributed by atoms with Gasteiger partial charge in [0.15, 0.2) is 0 Å². The predicted molar refractivity (Wildman–Crippen MR) is 157 cm³/mol. The molecule has 2 aliphatic heterocycles. The van der Waals surface area contributed by atoms with Crippen molar-refractivity contribution in [3.05, 3.63) is 71.8 Å². The highest BCUT2D eigenvalue weighted by Crippen LogP contribution is 2.40. The maximum absolute atomic E-state index is 5.02. The maximum Gasteiger partial charge on any atom is 0.140 e. The minimum atomic E-state index is 0.584. The van der Waals surface area contributed by atoms with Gasteiger partial charge in [-0.15, -0.1) is 11.8 Å². The van der Waals surface area contributed by atoms with E-state index < -0.39 is 0 Å². The van der Waals surface area contributed by atoms with Crippen LogP contribution in [0.5, 0.6) is 0 Å². The summed E-state index contributed by atoms with van der Waals surface area (Å²) in [5.74, 6) is 1.79. The molecule has 0 radical (unpaired) electrons. The summed E-state index contributed by atoms with van der Waals surface area (Å²) in [4.78, 5) is 11.5. The lowest BCUT2D eigenvalue weighted by molar-refractivity contribution is -0.120. The van der Waals surface area contributed by atoms with Crippen LogP contribution in [0.1, 0.15) is 25.0 Å². The van der Waals surface area contributed by atoms with Gasteiger partial charge in [-0.2, -0.15) is 0 Å². The highest BCUT2D eigenvalue weighted by atomic mass is 32.2. The first kappa shape index (κ1) is 24.7. The number of likely N-dealkylation sites (tertiary alicyclic amines) is 2. The van der Waals surface area contributed by atoms with Crippen LogP contribution in [0.3, 0.4) is 0 Å². The summed E-state index contributed by atoms with van der Waals surface area (Å²) >= 11 is 1.77. The molecule has 3 heterocycles. The third-order valence-electron chi connectivity index (χ3n) is 8.08. The van der Waals surface area contributed by atoms with Crippen molar-refractivity contribution in [2.45, 2.75) is 32.2 Å². The second-order valence-electron chi connectivity index (χ2n) is 11.8. The molecule has 1 spiro atoms. The summed E-state index contributed by atoms with van der Waals surface area (Å²) in [7, 11) is 2.13. The SMILES string of the molecule is CSc1ccc(-c2nc3c(C)cc(-c4ccc(CN5CC6(C5)CN(CC(C)C)C6)cc4)cc3n2C)cc1. The molecule has 0 atom stereocenters. The van der Waals surface area contributed by atoms with Crippen LogP contribution < -0.4 is 0 Å². The monoisotopic (exact) mass is 510 g/mol. The van der Waals surface area contributed by atoms with E-state index in [0.29, 0.717) is 5.41 Å². The molecule has 4 aromatic rings. The molecule has 2 fully saturated rings. The van der Waals surface area contributed by atoms with Crippen LogP contribution >= 0.6 is 11.8 Å². The second-order valence-corrected chi connectivity index (χ2v) is 12.7. The fourth-order valence-corrected chi connectivity index (χ4v) is 6.85. The predicted octanol–water partition coefficient (Wildman–Crippen LogP) is 6.71. The van der Waals surface area contributed by atoms with Gasteiger partial charge in [0.1, 0.15) is 5.82 Å². The lowest BCUT2D eigenvalue weighted by Gasteiger charge is -2.61. The molecule has 0 saturated carbocycles. The average molecular weight is 511 g/mol. The summed E-state index contributed by atoms with van der Waals surface area (Å²) in [5, 5.41) is 0. The van der Waals surface area contributed by atoms with Gasteiger partial charge in [-0.1, -0.05) is 50.2 Å². The van der Waals surface area contributed by atoms with Crippen LogP contribution in [0.2, 0.25) is 0 Å². The van der Waals surface area contributed by atoms with Gasteiger partial charge in [0, 0.05) is 62.2 Å². The van der Waals surface area contributed by atoms with Crippen LogP contribution in [0.4, 0.5) is 0 Å². The summed E-state index contributed by atoms with van der Waals surface area (Å²) in [6.45, 7) is 14.2. The molecule has 0 amide bonds. The van der Waals surface area contributed by atoms with Gasteiger partial charge in [-0.3, -0.25) is 4.90 Å². The largest absolute Gasteiger partial charge is 0.327 e. The molecule has 3 aromatic carbocycles. The molecule has 37 heavy (non-hydrogen) atoms. The number of rotatable bonds is 7. The van der Waals surface area contributed by atoms with E-state index in [-0.39, 0.29) is 0 Å². The minimum absolute atomic E-state index is 0.584. The first-order chi connectivity index (χ1) is 17.8. The molecule has 4 nitrogen and oxygen atoms in total. The molecule has 192 valence electrons. The third kappa shape index (κ3) is 4.73. The maximum atomic E-state index is 5.02. The molecule has 0 unspecified atom stereocenters. The number of aryl methyl sites for hydroxylation is 2. The van der Waals surface area contributed by atoms with Gasteiger partial charge in [-0.05, 0) is 65.6 Å². The Morgan fingerprint density at radius 1 is 0.865 bits per heavy atom. The van der Waals surface area contributed by atoms with Crippen LogP contribution in [-0.4, -0.2) is 58.3 Å². The Morgan fingerprint density at radius 3 is 2.16 bits per heavy atom. The van der Waals surface area contributed by atoms with Gasteiger partial charge in [0.25, 0.3) is 0 Å². The summed E-state index contributed by atoms with van der Waals surface area (Å²) in [6, 6.07) is 22.5. The number of imidazole rings is 1. The van der Waals surface area contributed by atoms with Crippen molar-refractivity contribution in [2.24, 2.45) is 18.4 Å². The summed E-state index contributed by atoms with van der Waals surface area (Å²) in [5.41, 5.74) is 9.16. The lowest BCUT2D eigenvalue weighted by atomic mass is 9.72. The number of thioether (sulfide) groups is 1. The average Bonchev–Trinajstić information content (AvgIpc) is 3.18. The Hall–Kier alpha value is -2.60. The number of nitrogens with zero attached hydrogens (tertiary/aromatic N) is 4. The van der Waals surface area contributed by atoms with Crippen molar-refractivity contribution >= 4 is 22.8 Å². The van der Waals surface area contributed by atoms with Crippen molar-refractivity contribution in [3.63, 3.8) is 0 Å². The zero-order valence-corrected chi connectivity index (χ0v) is 23.6. The number of hydrogen-bond acceptors (Lipinski definition) is 4. The lowest BCUT2D eigenvalue weighted by Crippen LogP contribution is -2.71. The van der Waals surface area contributed by atoms with Gasteiger partial charge in [0.2, 0.25) is 0 Å². The Labute approximate surface area is 225 Å². The van der Waals surface area contributed by atoms with Crippen LogP contribution in [0.25, 0.3) is 33.5 Å². The molecule has 1 aromatic heterocycles. The number of aromatic nitrogens is 2. The van der Waals surface area contributed by atoms with Crippen LogP contribution in [-0.2, 0) is 13.6 Å². The topological polar surface area (TPSA) is 24.3 Å². The molecule has 5 heteroatoms. The van der Waals surface area contributed by atoms with Crippen molar-refractivity contribution in [2.75, 3.05) is 39.0 Å². The molecule has 0 N–H and O–H groups in total. The van der Waals surface area contributed by atoms with Gasteiger partial charge < -0.3 is 9.47 Å². The molecule has 2 aliphatic rings. The molecular weight excluding hydrogens is 472 g/mol. The van der Waals surface area contributed by atoms with E-state index in [1.54, 1.807) is 11.8 Å². The van der Waals surface area contributed by atoms with Gasteiger partial charge >= 0.3 is 0 Å². The van der Waals surface area contributed by atoms with Crippen molar-refractivity contribution in [1.82, 2.24) is 19.4 Å². The molecular formula is C32H38N4S. The molecule has 0 bridgehead atoms. The van der Waals surface area contributed by atoms with E-state index >= 15 is 0 Å². The Morgan fingerprint density at radius 2 is 1.51 bits per heavy atom. The highest BCUT2D eigenvalue weighted by molar-refractivity contribution is 7.98. The van der Waals surface area contributed by atoms with Gasteiger partial charge in [0.05, 0.1) is 11.0 Å². The quantitative estimate of drug-likeness (QED) is 0.258. The number of fused-ring (bicyclic) bond motifs is 1. The van der Waals surface area contributed by atoms with Crippen LogP contribution in [0.15, 0.2) is 65.6 Å². The number of hydrogen-bond donors (Lipinski definition) is 0. The fourth-order valence-electron chi connectivity index (χ4n) is 6.44. The number of benzene rings is 3. The Bertz CT molecular complexity index is 1400. The third-order valence-corrected chi connectivity index (χ3v) is 8.82. The van der Waals surface area contributed by atoms with E-state index in [4.69, 9.17) is 4.98 Å². The Kier molecular flexibility index (Phi) is 6.42. The second kappa shape index (κ2) is 9.61. The van der Waals surface area contributed by atoms with E-state index in [1.165, 1.54) is 65.4 Å². The standard InChI is InChI=1S/C32H38N4S/c1-22(2)16-35-18-32(19-35)20-36(21-32)17-24-6-8-25(9-7-24)27-14-23(3)30-29(15-27)34(4)31(33-30)26-10-12-28(37-5)13-11-26/h6-15,22H,16-21H2,1-5H3. The minimum Gasteiger partial charge on any atom is -0.327 e. The van der Waals surface area contributed by atoms with E-state index in [0.717, 1.165) is 29.4 Å². The van der Waals surface area contributed by atoms with E-state index in [2.05, 4.69) is 109 Å². The van der Waals surface area contributed by atoms with Crippen LogP contribution in [0, 0.1) is 18.3 Å². The first-order valence-corrected chi connectivity index (χ1v) is 14.7. The smallest absolute Gasteiger partial charge is 0.140 e. The first-order valence-electron chi connectivity index (χ1n) is 13.5. The zero-order valence-electron chi connectivity index (χ0n) is 22.8. The fraction of sp³-hybridized carbons (Fsp3) is 0.406. The van der Waals surface area contributed by atoms with E-state index in [9.17, 15) is 0 Å². The van der Waals surface area contributed by atoms with E-state index in [1.807, 2.05) is 0 Å². The summed E-state index contributed by atoms with van der Waals surface area (Å²) < 4.78 is 2.23. The van der Waals surface area contributed by atoms with Gasteiger partial charge in [-0.25, -0.2) is 4.98 Å². The van der Waals surface area contributed by atoms with Crippen molar-refractivity contribution < 1.29 is 0 Å².